The Morgan fingerprint density at radius 3 is 2.50 bits per heavy atom. The van der Waals surface area contributed by atoms with E-state index >= 15 is 0 Å². The van der Waals surface area contributed by atoms with Crippen LogP contribution in [0.15, 0.2) is 72.0 Å². The molecule has 0 bridgehead atoms. The molecule has 0 radical (unpaired) electrons. The molecular weight excluding hydrogens is 450 g/mol. The summed E-state index contributed by atoms with van der Waals surface area (Å²) in [6, 6.07) is 20.9. The topological polar surface area (TPSA) is 88.4 Å². The zero-order valence-corrected chi connectivity index (χ0v) is 21.0. The second kappa shape index (κ2) is 13.1. The van der Waals surface area contributed by atoms with E-state index in [4.69, 9.17) is 4.74 Å². The number of pyridine rings is 1. The third-order valence-corrected chi connectivity index (χ3v) is 5.57. The van der Waals surface area contributed by atoms with Crippen LogP contribution in [0.3, 0.4) is 0 Å². The molecule has 0 spiro atoms. The lowest BCUT2D eigenvalue weighted by atomic mass is 10.1. The highest BCUT2D eigenvalue weighted by Gasteiger charge is 2.13. The van der Waals surface area contributed by atoms with E-state index in [9.17, 15) is 0 Å². The van der Waals surface area contributed by atoms with Gasteiger partial charge in [0.1, 0.15) is 0 Å². The summed E-state index contributed by atoms with van der Waals surface area (Å²) in [5.74, 6) is 1.06. The largest absolute Gasteiger partial charge is 0.463 e. The highest BCUT2D eigenvalue weighted by Crippen LogP contribution is 2.16. The predicted molar refractivity (Wildman–Crippen MR) is 144 cm³/mol. The Bertz CT molecular complexity index is 1260. The smallest absolute Gasteiger partial charge is 0.321 e. The summed E-state index contributed by atoms with van der Waals surface area (Å²) < 4.78 is 5.90. The van der Waals surface area contributed by atoms with Crippen LogP contribution in [0.2, 0.25) is 0 Å². The first-order valence-corrected chi connectivity index (χ1v) is 12.5. The van der Waals surface area contributed by atoms with Crippen LogP contribution in [0.5, 0.6) is 6.01 Å². The van der Waals surface area contributed by atoms with Crippen LogP contribution in [-0.2, 0) is 13.0 Å². The first kappa shape index (κ1) is 25.0. The summed E-state index contributed by atoms with van der Waals surface area (Å²) in [4.78, 5) is 20.2. The number of nitrogens with one attached hydrogen (secondary N) is 1. The average Bonchev–Trinajstić information content (AvgIpc) is 2.91. The second-order valence-electron chi connectivity index (χ2n) is 8.46. The van der Waals surface area contributed by atoms with Crippen LogP contribution >= 0.6 is 0 Å². The van der Waals surface area contributed by atoms with E-state index in [1.807, 2.05) is 30.3 Å². The number of nitrogens with zero attached hydrogens (tertiary/aromatic N) is 6. The zero-order valence-electron chi connectivity index (χ0n) is 21.0. The minimum Gasteiger partial charge on any atom is -0.463 e. The van der Waals surface area contributed by atoms with Crippen molar-refractivity contribution in [3.05, 3.63) is 83.9 Å². The Labute approximate surface area is 212 Å². The maximum atomic E-state index is 5.90. The molecule has 186 valence electrons. The van der Waals surface area contributed by atoms with Crippen molar-refractivity contribution in [1.82, 2.24) is 25.4 Å². The summed E-state index contributed by atoms with van der Waals surface area (Å²) in [7, 11) is 0. The van der Waals surface area contributed by atoms with E-state index in [0.29, 0.717) is 37.4 Å². The lowest BCUT2D eigenvalue weighted by Crippen LogP contribution is -2.28. The van der Waals surface area contributed by atoms with E-state index in [1.54, 1.807) is 12.4 Å². The average molecular weight is 484 g/mol. The molecule has 0 saturated heterocycles. The molecule has 0 amide bonds. The fourth-order valence-corrected chi connectivity index (χ4v) is 3.86. The van der Waals surface area contributed by atoms with Crippen molar-refractivity contribution in [2.45, 2.75) is 39.7 Å². The summed E-state index contributed by atoms with van der Waals surface area (Å²) >= 11 is 0. The summed E-state index contributed by atoms with van der Waals surface area (Å²) in [6.07, 6.45) is 6.07. The van der Waals surface area contributed by atoms with Crippen LogP contribution in [0, 0.1) is 0 Å². The van der Waals surface area contributed by atoms with Crippen LogP contribution in [0.25, 0.3) is 10.8 Å². The third kappa shape index (κ3) is 7.21. The fraction of sp³-hybridized carbons (Fsp3) is 0.321. The Morgan fingerprint density at radius 1 is 0.917 bits per heavy atom. The summed E-state index contributed by atoms with van der Waals surface area (Å²) in [5, 5.41) is 6.80. The van der Waals surface area contributed by atoms with E-state index in [2.05, 4.69) is 79.5 Å². The van der Waals surface area contributed by atoms with Gasteiger partial charge in [-0.2, -0.15) is 20.1 Å². The van der Waals surface area contributed by atoms with E-state index in [1.165, 1.54) is 10.8 Å². The Kier molecular flexibility index (Phi) is 9.13. The maximum absolute atomic E-state index is 5.90. The van der Waals surface area contributed by atoms with Crippen molar-refractivity contribution in [3.8, 4) is 6.01 Å². The predicted octanol–water partition coefficient (Wildman–Crippen LogP) is 4.79. The molecule has 0 saturated carbocycles. The molecule has 0 aliphatic heterocycles. The molecule has 2 aromatic carbocycles. The number of anilines is 1. The number of rotatable bonds is 13. The number of hydrogen-bond donors (Lipinski definition) is 1. The molecule has 0 unspecified atom stereocenters. The third-order valence-electron chi connectivity index (χ3n) is 5.57. The summed E-state index contributed by atoms with van der Waals surface area (Å²) in [5.41, 5.74) is 5.22. The van der Waals surface area contributed by atoms with Crippen molar-refractivity contribution in [2.24, 2.45) is 5.10 Å². The minimum absolute atomic E-state index is 0.295. The molecule has 0 aliphatic carbocycles. The van der Waals surface area contributed by atoms with Crippen molar-refractivity contribution in [3.63, 3.8) is 0 Å². The highest BCUT2D eigenvalue weighted by molar-refractivity contribution is 5.83. The van der Waals surface area contributed by atoms with E-state index in [-0.39, 0.29) is 0 Å². The van der Waals surface area contributed by atoms with Crippen molar-refractivity contribution in [1.29, 1.82) is 0 Å². The van der Waals surface area contributed by atoms with Crippen molar-refractivity contribution < 1.29 is 4.74 Å². The van der Waals surface area contributed by atoms with Gasteiger partial charge in [-0.1, -0.05) is 56.3 Å². The number of aromatic nitrogens is 4. The molecule has 36 heavy (non-hydrogen) atoms. The molecule has 4 aromatic rings. The van der Waals surface area contributed by atoms with Gasteiger partial charge in [-0.25, -0.2) is 0 Å². The van der Waals surface area contributed by atoms with Gasteiger partial charge in [-0.05, 0) is 47.4 Å². The fourth-order valence-electron chi connectivity index (χ4n) is 3.86. The lowest BCUT2D eigenvalue weighted by molar-refractivity contribution is 0.293. The number of hydrogen-bond acceptors (Lipinski definition) is 8. The van der Waals surface area contributed by atoms with Crippen LogP contribution in [-0.4, -0.2) is 45.8 Å². The molecule has 8 heteroatoms. The van der Waals surface area contributed by atoms with Crippen LogP contribution < -0.4 is 15.1 Å². The van der Waals surface area contributed by atoms with E-state index < -0.39 is 0 Å². The normalized spacial score (nSPS) is 11.2. The van der Waals surface area contributed by atoms with Crippen molar-refractivity contribution in [2.75, 3.05) is 24.6 Å². The van der Waals surface area contributed by atoms with Gasteiger partial charge in [0.2, 0.25) is 5.95 Å². The minimum atomic E-state index is 0.295. The molecule has 0 fully saturated rings. The Balaban J connectivity index is 1.45. The Hall–Kier alpha value is -4.07. The van der Waals surface area contributed by atoms with Gasteiger partial charge in [-0.3, -0.25) is 4.98 Å². The standard InChI is InChI=1S/C28H33N7O/c1-3-16-35(17-4-2)27-32-26(33-28(34-27)36-18-14-25-11-7-8-15-29-25)21-31-30-20-22-12-13-23-9-5-6-10-24(23)19-22/h5-13,15,19,21,30H,3-4,14,16-18,20H2,1-2H3/b31-21+. The molecule has 2 heterocycles. The molecule has 0 aliphatic rings. The summed E-state index contributed by atoms with van der Waals surface area (Å²) in [6.45, 7) is 7.05. The molecule has 2 aromatic heterocycles. The number of ether oxygens (including phenoxy) is 1. The second-order valence-corrected chi connectivity index (χ2v) is 8.46. The van der Waals surface area contributed by atoms with Gasteiger partial charge >= 0.3 is 6.01 Å². The van der Waals surface area contributed by atoms with Gasteiger partial charge in [0.25, 0.3) is 0 Å². The van der Waals surface area contributed by atoms with Gasteiger partial charge < -0.3 is 15.1 Å². The van der Waals surface area contributed by atoms with Gasteiger partial charge in [-0.15, -0.1) is 0 Å². The first-order valence-electron chi connectivity index (χ1n) is 12.5. The van der Waals surface area contributed by atoms with Gasteiger partial charge in [0.15, 0.2) is 5.82 Å². The Morgan fingerprint density at radius 2 is 1.72 bits per heavy atom. The molecule has 1 N–H and O–H groups in total. The van der Waals surface area contributed by atoms with Crippen molar-refractivity contribution >= 4 is 22.9 Å². The van der Waals surface area contributed by atoms with Crippen LogP contribution in [0.1, 0.15) is 43.8 Å². The number of hydrazone groups is 1. The SMILES string of the molecule is CCCN(CCC)c1nc(/C=N/NCc2ccc3ccccc3c2)nc(OCCc2ccccn2)n1. The van der Waals surface area contributed by atoms with Crippen LogP contribution in [0.4, 0.5) is 5.95 Å². The number of benzene rings is 2. The lowest BCUT2D eigenvalue weighted by Gasteiger charge is -2.21. The van der Waals surface area contributed by atoms with E-state index in [0.717, 1.165) is 37.2 Å². The monoisotopic (exact) mass is 483 g/mol. The highest BCUT2D eigenvalue weighted by atomic mass is 16.5. The maximum Gasteiger partial charge on any atom is 0.321 e. The molecule has 0 atom stereocenters. The number of fused-ring (bicyclic) bond motifs is 1. The first-order chi connectivity index (χ1) is 17.7. The van der Waals surface area contributed by atoms with Gasteiger partial charge in [0.05, 0.1) is 19.4 Å². The molecule has 4 rings (SSSR count). The quantitative estimate of drug-likeness (QED) is 0.216. The molecular formula is C28H33N7O. The molecule has 8 nitrogen and oxygen atoms in total. The zero-order chi connectivity index (χ0) is 25.0. The van der Waals surface area contributed by atoms with Gasteiger partial charge in [0, 0.05) is 31.4 Å².